The molecule has 0 radical (unpaired) electrons. The van der Waals surface area contributed by atoms with Gasteiger partial charge in [-0.3, -0.25) is 9.36 Å². The number of thioether (sulfide) groups is 1. The van der Waals surface area contributed by atoms with Gasteiger partial charge in [0.15, 0.2) is 5.16 Å². The van der Waals surface area contributed by atoms with E-state index in [0.29, 0.717) is 27.7 Å². The molecule has 5 aromatic rings. The maximum atomic E-state index is 13.4. The third-order valence-electron chi connectivity index (χ3n) is 5.60. The lowest BCUT2D eigenvalue weighted by Crippen LogP contribution is -2.21. The Kier molecular flexibility index (Phi) is 5.94. The summed E-state index contributed by atoms with van der Waals surface area (Å²) in [4.78, 5) is 23.0. The third-order valence-corrected chi connectivity index (χ3v) is 6.55. The molecule has 0 bridgehead atoms. The van der Waals surface area contributed by atoms with Gasteiger partial charge >= 0.3 is 0 Å². The van der Waals surface area contributed by atoms with E-state index in [0.717, 1.165) is 28.5 Å². The molecule has 2 heterocycles. The Bertz CT molecular complexity index is 1520. The minimum atomic E-state index is -0.115. The normalized spacial score (nSPS) is 11.1. The van der Waals surface area contributed by atoms with Gasteiger partial charge in [-0.25, -0.2) is 9.97 Å². The molecule has 0 aliphatic heterocycles. The number of para-hydroxylation sites is 1. The zero-order valence-corrected chi connectivity index (χ0v) is 19.9. The van der Waals surface area contributed by atoms with Crippen molar-refractivity contribution >= 4 is 22.7 Å². The van der Waals surface area contributed by atoms with Gasteiger partial charge in [-0.15, -0.1) is 0 Å². The van der Waals surface area contributed by atoms with E-state index < -0.39 is 0 Å². The molecule has 0 saturated carbocycles. The van der Waals surface area contributed by atoms with Gasteiger partial charge in [0.05, 0.1) is 29.4 Å². The molecule has 0 N–H and O–H groups in total. The number of fused-ring (bicyclic) bond motifs is 1. The molecule has 3 aromatic carbocycles. The van der Waals surface area contributed by atoms with Gasteiger partial charge in [-0.2, -0.15) is 0 Å². The number of oxazole rings is 1. The van der Waals surface area contributed by atoms with E-state index >= 15 is 0 Å². The van der Waals surface area contributed by atoms with Crippen LogP contribution in [0.2, 0.25) is 0 Å². The fourth-order valence-electron chi connectivity index (χ4n) is 3.68. The van der Waals surface area contributed by atoms with Crippen LogP contribution in [0, 0.1) is 13.8 Å². The number of hydrogen-bond donors (Lipinski definition) is 0. The minimum absolute atomic E-state index is 0.115. The Balaban J connectivity index is 1.52. The van der Waals surface area contributed by atoms with Crippen LogP contribution in [0.4, 0.5) is 0 Å². The Morgan fingerprint density at radius 2 is 1.68 bits per heavy atom. The number of rotatable bonds is 6. The van der Waals surface area contributed by atoms with E-state index in [-0.39, 0.29) is 5.56 Å². The van der Waals surface area contributed by atoms with E-state index in [2.05, 4.69) is 0 Å². The van der Waals surface area contributed by atoms with Crippen LogP contribution < -0.4 is 10.3 Å². The second-order valence-corrected chi connectivity index (χ2v) is 8.87. The third kappa shape index (κ3) is 4.22. The molecule has 0 amide bonds. The Morgan fingerprint density at radius 3 is 2.41 bits per heavy atom. The molecule has 7 heteroatoms. The number of hydrogen-bond acceptors (Lipinski definition) is 6. The first kappa shape index (κ1) is 22.0. The molecule has 0 spiro atoms. The predicted octanol–water partition coefficient (Wildman–Crippen LogP) is 5.96. The van der Waals surface area contributed by atoms with E-state index in [4.69, 9.17) is 19.1 Å². The molecule has 170 valence electrons. The summed E-state index contributed by atoms with van der Waals surface area (Å²) >= 11 is 1.46. The Labute approximate surface area is 201 Å². The highest BCUT2D eigenvalue weighted by atomic mass is 32.2. The Hall–Kier alpha value is -3.84. The van der Waals surface area contributed by atoms with Crippen molar-refractivity contribution in [3.8, 4) is 22.9 Å². The molecular formula is C27H23N3O3S. The van der Waals surface area contributed by atoms with Crippen molar-refractivity contribution in [2.45, 2.75) is 24.8 Å². The zero-order chi connectivity index (χ0) is 23.7. The first-order valence-corrected chi connectivity index (χ1v) is 11.8. The monoisotopic (exact) mass is 469 g/mol. The van der Waals surface area contributed by atoms with Crippen molar-refractivity contribution in [3.05, 3.63) is 100 Å². The van der Waals surface area contributed by atoms with Crippen molar-refractivity contribution in [1.82, 2.24) is 14.5 Å². The average molecular weight is 470 g/mol. The van der Waals surface area contributed by atoms with Gasteiger partial charge in [0.1, 0.15) is 11.5 Å². The second-order valence-electron chi connectivity index (χ2n) is 7.93. The lowest BCUT2D eigenvalue weighted by molar-refractivity contribution is 0.414. The molecule has 2 aromatic heterocycles. The second kappa shape index (κ2) is 9.19. The predicted molar refractivity (Wildman–Crippen MR) is 135 cm³/mol. The first-order chi connectivity index (χ1) is 16.5. The first-order valence-electron chi connectivity index (χ1n) is 10.9. The number of benzene rings is 3. The standard InChI is InChI=1S/C27H23N3O3S/c1-17-8-10-19(11-9-17)25-28-24(18(2)33-25)16-34-27-29-23-7-5-4-6-22(23)26(31)30(27)20-12-14-21(32-3)15-13-20/h4-15H,16H2,1-3H3. The number of nitrogens with zero attached hydrogens (tertiary/aromatic N) is 3. The molecule has 0 aliphatic carbocycles. The summed E-state index contributed by atoms with van der Waals surface area (Å²) in [5, 5.41) is 1.16. The number of aromatic nitrogens is 3. The number of aryl methyl sites for hydroxylation is 2. The van der Waals surface area contributed by atoms with Crippen LogP contribution in [-0.4, -0.2) is 21.6 Å². The van der Waals surface area contributed by atoms with E-state index in [1.807, 2.05) is 80.6 Å². The van der Waals surface area contributed by atoms with Crippen LogP contribution in [0.25, 0.3) is 28.0 Å². The van der Waals surface area contributed by atoms with Gasteiger partial charge in [-0.1, -0.05) is 41.6 Å². The fourth-order valence-corrected chi connectivity index (χ4v) is 4.70. The summed E-state index contributed by atoms with van der Waals surface area (Å²) in [5.74, 6) is 2.58. The largest absolute Gasteiger partial charge is 0.497 e. The molecule has 6 nitrogen and oxygen atoms in total. The number of methoxy groups -OCH3 is 1. The van der Waals surface area contributed by atoms with Crippen molar-refractivity contribution < 1.29 is 9.15 Å². The molecule has 0 atom stereocenters. The van der Waals surface area contributed by atoms with Crippen LogP contribution in [0.3, 0.4) is 0 Å². The van der Waals surface area contributed by atoms with E-state index in [9.17, 15) is 4.79 Å². The summed E-state index contributed by atoms with van der Waals surface area (Å²) in [6.07, 6.45) is 0. The van der Waals surface area contributed by atoms with Crippen molar-refractivity contribution in [2.75, 3.05) is 7.11 Å². The summed E-state index contributed by atoms with van der Waals surface area (Å²) in [5.41, 5.74) is 4.21. The molecular weight excluding hydrogens is 446 g/mol. The van der Waals surface area contributed by atoms with E-state index in [1.165, 1.54) is 17.3 Å². The van der Waals surface area contributed by atoms with Gasteiger partial charge in [0, 0.05) is 11.3 Å². The van der Waals surface area contributed by atoms with Crippen LogP contribution in [0.1, 0.15) is 17.0 Å². The quantitative estimate of drug-likeness (QED) is 0.226. The van der Waals surface area contributed by atoms with Crippen molar-refractivity contribution in [1.29, 1.82) is 0 Å². The molecule has 0 unspecified atom stereocenters. The topological polar surface area (TPSA) is 70.2 Å². The van der Waals surface area contributed by atoms with E-state index in [1.54, 1.807) is 17.7 Å². The molecule has 5 rings (SSSR count). The summed E-state index contributed by atoms with van der Waals surface area (Å²) in [6, 6.07) is 22.9. The minimum Gasteiger partial charge on any atom is -0.497 e. The van der Waals surface area contributed by atoms with Gasteiger partial charge in [0.25, 0.3) is 5.56 Å². The van der Waals surface area contributed by atoms with Gasteiger partial charge in [0.2, 0.25) is 5.89 Å². The van der Waals surface area contributed by atoms with Gasteiger partial charge < -0.3 is 9.15 Å². The smallest absolute Gasteiger partial charge is 0.266 e. The molecule has 34 heavy (non-hydrogen) atoms. The van der Waals surface area contributed by atoms with Gasteiger partial charge in [-0.05, 0) is 62.4 Å². The lowest BCUT2D eigenvalue weighted by Gasteiger charge is -2.13. The van der Waals surface area contributed by atoms with Crippen molar-refractivity contribution in [2.24, 2.45) is 0 Å². The van der Waals surface area contributed by atoms with Crippen molar-refractivity contribution in [3.63, 3.8) is 0 Å². The maximum absolute atomic E-state index is 13.4. The lowest BCUT2D eigenvalue weighted by atomic mass is 10.1. The van der Waals surface area contributed by atoms with Crippen LogP contribution in [0.5, 0.6) is 5.75 Å². The maximum Gasteiger partial charge on any atom is 0.266 e. The average Bonchev–Trinajstić information content (AvgIpc) is 3.24. The van der Waals surface area contributed by atoms with Crippen LogP contribution >= 0.6 is 11.8 Å². The Morgan fingerprint density at radius 1 is 0.941 bits per heavy atom. The van der Waals surface area contributed by atoms with Crippen LogP contribution in [-0.2, 0) is 5.75 Å². The SMILES string of the molecule is COc1ccc(-n2c(SCc3nc(-c4ccc(C)cc4)oc3C)nc3ccccc3c2=O)cc1. The molecule has 0 saturated heterocycles. The summed E-state index contributed by atoms with van der Waals surface area (Å²) in [7, 11) is 1.62. The summed E-state index contributed by atoms with van der Waals surface area (Å²) < 4.78 is 12.9. The summed E-state index contributed by atoms with van der Waals surface area (Å²) in [6.45, 7) is 3.95. The van der Waals surface area contributed by atoms with Crippen LogP contribution in [0.15, 0.2) is 87.2 Å². The zero-order valence-electron chi connectivity index (χ0n) is 19.1. The fraction of sp³-hybridized carbons (Fsp3) is 0.148. The molecule has 0 aliphatic rings. The highest BCUT2D eigenvalue weighted by Gasteiger charge is 2.17. The highest BCUT2D eigenvalue weighted by molar-refractivity contribution is 7.98. The molecule has 0 fully saturated rings. The highest BCUT2D eigenvalue weighted by Crippen LogP contribution is 2.29. The number of ether oxygens (including phenoxy) is 1.